The molecule has 0 aliphatic carbocycles. The van der Waals surface area contributed by atoms with Crippen LogP contribution in [0.1, 0.15) is 40.0 Å². The summed E-state index contributed by atoms with van der Waals surface area (Å²) in [5.41, 5.74) is -0.316. The Bertz CT molecular complexity index is 300. The fourth-order valence-electron chi connectivity index (χ4n) is 1.96. The Morgan fingerprint density at radius 3 is 2.59 bits per heavy atom. The highest BCUT2D eigenvalue weighted by atomic mass is 16.2. The average molecular weight is 237 g/mol. The number of hydrogen-bond acceptors (Lipinski definition) is 3. The SMILES string of the molecule is CC(NCCC(C)(C)C#N)C(=O)N1CCCC1. The summed E-state index contributed by atoms with van der Waals surface area (Å²) in [6.45, 7) is 8.24. The Hall–Kier alpha value is -1.08. The van der Waals surface area contributed by atoms with Crippen LogP contribution in [-0.2, 0) is 4.79 Å². The van der Waals surface area contributed by atoms with Crippen LogP contribution in [0.15, 0.2) is 0 Å². The Labute approximate surface area is 104 Å². The summed E-state index contributed by atoms with van der Waals surface area (Å²) in [5, 5.41) is 12.1. The second-order valence-corrected chi connectivity index (χ2v) is 5.45. The molecule has 0 saturated carbocycles. The Morgan fingerprint density at radius 2 is 2.06 bits per heavy atom. The van der Waals surface area contributed by atoms with Crippen molar-refractivity contribution in [3.8, 4) is 6.07 Å². The van der Waals surface area contributed by atoms with Gasteiger partial charge in [0.05, 0.1) is 17.5 Å². The number of rotatable bonds is 5. The highest BCUT2D eigenvalue weighted by molar-refractivity contribution is 5.81. The fraction of sp³-hybridized carbons (Fsp3) is 0.846. The predicted molar refractivity (Wildman–Crippen MR) is 67.3 cm³/mol. The molecule has 1 amide bonds. The molecule has 96 valence electrons. The standard InChI is InChI=1S/C13H23N3O/c1-11(12(17)16-8-4-5-9-16)15-7-6-13(2,3)10-14/h11,15H,4-9H2,1-3H3. The molecule has 1 fully saturated rings. The van der Waals surface area contributed by atoms with Crippen LogP contribution in [0.5, 0.6) is 0 Å². The molecule has 1 aliphatic heterocycles. The Morgan fingerprint density at radius 1 is 1.47 bits per heavy atom. The molecule has 17 heavy (non-hydrogen) atoms. The summed E-state index contributed by atoms with van der Waals surface area (Å²) >= 11 is 0. The van der Waals surface area contributed by atoms with Crippen LogP contribution in [-0.4, -0.2) is 36.5 Å². The average Bonchev–Trinajstić information content (AvgIpc) is 2.81. The van der Waals surface area contributed by atoms with Gasteiger partial charge in [-0.25, -0.2) is 0 Å². The minimum absolute atomic E-state index is 0.136. The van der Waals surface area contributed by atoms with Gasteiger partial charge in [0.25, 0.3) is 0 Å². The summed E-state index contributed by atoms with van der Waals surface area (Å²) in [5.74, 6) is 0.192. The summed E-state index contributed by atoms with van der Waals surface area (Å²) in [6.07, 6.45) is 3.01. The number of hydrogen-bond donors (Lipinski definition) is 1. The fourth-order valence-corrected chi connectivity index (χ4v) is 1.96. The zero-order chi connectivity index (χ0) is 12.9. The molecular formula is C13H23N3O. The minimum atomic E-state index is -0.316. The highest BCUT2D eigenvalue weighted by Gasteiger charge is 2.23. The maximum absolute atomic E-state index is 12.0. The third-order valence-electron chi connectivity index (χ3n) is 3.29. The maximum Gasteiger partial charge on any atom is 0.239 e. The van der Waals surface area contributed by atoms with Crippen LogP contribution in [0.2, 0.25) is 0 Å². The van der Waals surface area contributed by atoms with E-state index in [1.54, 1.807) is 0 Å². The van der Waals surface area contributed by atoms with Crippen molar-refractivity contribution in [3.05, 3.63) is 0 Å². The molecule has 1 aliphatic rings. The lowest BCUT2D eigenvalue weighted by molar-refractivity contribution is -0.131. The van der Waals surface area contributed by atoms with Gasteiger partial charge >= 0.3 is 0 Å². The van der Waals surface area contributed by atoms with Crippen molar-refractivity contribution in [2.24, 2.45) is 5.41 Å². The molecule has 1 unspecified atom stereocenters. The largest absolute Gasteiger partial charge is 0.341 e. The van der Waals surface area contributed by atoms with Crippen LogP contribution in [0.3, 0.4) is 0 Å². The third kappa shape index (κ3) is 4.35. The van der Waals surface area contributed by atoms with E-state index in [2.05, 4.69) is 11.4 Å². The normalized spacial score (nSPS) is 17.9. The van der Waals surface area contributed by atoms with Gasteiger partial charge in [-0.3, -0.25) is 4.79 Å². The number of nitrogens with zero attached hydrogens (tertiary/aromatic N) is 2. The van der Waals surface area contributed by atoms with Gasteiger partial charge in [-0.1, -0.05) is 0 Å². The van der Waals surface area contributed by atoms with E-state index < -0.39 is 0 Å². The van der Waals surface area contributed by atoms with E-state index in [0.717, 1.165) is 32.4 Å². The van der Waals surface area contributed by atoms with E-state index >= 15 is 0 Å². The van der Waals surface area contributed by atoms with E-state index in [4.69, 9.17) is 5.26 Å². The van der Waals surface area contributed by atoms with Gasteiger partial charge in [-0.15, -0.1) is 0 Å². The number of nitriles is 1. The molecule has 0 aromatic heterocycles. The predicted octanol–water partition coefficient (Wildman–Crippen LogP) is 1.53. The zero-order valence-electron chi connectivity index (χ0n) is 11.1. The molecule has 0 aromatic carbocycles. The van der Waals surface area contributed by atoms with Crippen molar-refractivity contribution in [2.45, 2.75) is 46.1 Å². The van der Waals surface area contributed by atoms with Gasteiger partial charge in [-0.05, 0) is 46.6 Å². The summed E-state index contributed by atoms with van der Waals surface area (Å²) < 4.78 is 0. The van der Waals surface area contributed by atoms with E-state index in [-0.39, 0.29) is 17.4 Å². The Balaban J connectivity index is 2.27. The van der Waals surface area contributed by atoms with Gasteiger partial charge in [0.1, 0.15) is 0 Å². The van der Waals surface area contributed by atoms with Gasteiger partial charge in [-0.2, -0.15) is 5.26 Å². The molecule has 1 heterocycles. The van der Waals surface area contributed by atoms with Crippen LogP contribution in [0, 0.1) is 16.7 Å². The molecule has 0 radical (unpaired) electrons. The number of likely N-dealkylation sites (tertiary alicyclic amines) is 1. The molecular weight excluding hydrogens is 214 g/mol. The second-order valence-electron chi connectivity index (χ2n) is 5.45. The van der Waals surface area contributed by atoms with E-state index in [0.29, 0.717) is 6.54 Å². The molecule has 1 rings (SSSR count). The van der Waals surface area contributed by atoms with E-state index in [1.165, 1.54) is 0 Å². The van der Waals surface area contributed by atoms with Crippen molar-refractivity contribution < 1.29 is 4.79 Å². The quantitative estimate of drug-likeness (QED) is 0.789. The highest BCUT2D eigenvalue weighted by Crippen LogP contribution is 2.17. The summed E-state index contributed by atoms with van der Waals surface area (Å²) in [4.78, 5) is 13.9. The number of carbonyl (C=O) groups excluding carboxylic acids is 1. The topological polar surface area (TPSA) is 56.1 Å². The number of nitrogens with one attached hydrogen (secondary N) is 1. The summed E-state index contributed by atoms with van der Waals surface area (Å²) in [6, 6.07) is 2.13. The summed E-state index contributed by atoms with van der Waals surface area (Å²) in [7, 11) is 0. The first-order valence-electron chi connectivity index (χ1n) is 6.40. The lowest BCUT2D eigenvalue weighted by Crippen LogP contribution is -2.44. The van der Waals surface area contributed by atoms with Gasteiger partial charge in [0.15, 0.2) is 0 Å². The lowest BCUT2D eigenvalue weighted by atomic mass is 9.91. The van der Waals surface area contributed by atoms with E-state index in [1.807, 2.05) is 25.7 Å². The molecule has 1 saturated heterocycles. The van der Waals surface area contributed by atoms with Gasteiger partial charge < -0.3 is 10.2 Å². The maximum atomic E-state index is 12.0. The molecule has 0 bridgehead atoms. The van der Waals surface area contributed by atoms with Crippen molar-refractivity contribution >= 4 is 5.91 Å². The first kappa shape index (κ1) is 14.0. The second kappa shape index (κ2) is 6.02. The minimum Gasteiger partial charge on any atom is -0.341 e. The Kier molecular flexibility index (Phi) is 4.95. The molecule has 1 atom stereocenters. The smallest absolute Gasteiger partial charge is 0.239 e. The number of carbonyl (C=O) groups is 1. The van der Waals surface area contributed by atoms with Crippen molar-refractivity contribution in [1.29, 1.82) is 5.26 Å². The first-order valence-corrected chi connectivity index (χ1v) is 6.40. The zero-order valence-corrected chi connectivity index (χ0v) is 11.1. The molecule has 4 nitrogen and oxygen atoms in total. The molecule has 0 spiro atoms. The third-order valence-corrected chi connectivity index (χ3v) is 3.29. The van der Waals surface area contributed by atoms with Crippen molar-refractivity contribution in [3.63, 3.8) is 0 Å². The molecule has 0 aromatic rings. The van der Waals surface area contributed by atoms with Gasteiger partial charge in [0.2, 0.25) is 5.91 Å². The van der Waals surface area contributed by atoms with Crippen LogP contribution in [0.25, 0.3) is 0 Å². The first-order chi connectivity index (χ1) is 7.96. The van der Waals surface area contributed by atoms with Crippen LogP contribution < -0.4 is 5.32 Å². The monoisotopic (exact) mass is 237 g/mol. The van der Waals surface area contributed by atoms with Crippen molar-refractivity contribution in [2.75, 3.05) is 19.6 Å². The van der Waals surface area contributed by atoms with Crippen molar-refractivity contribution in [1.82, 2.24) is 10.2 Å². The van der Waals surface area contributed by atoms with Crippen LogP contribution in [0.4, 0.5) is 0 Å². The number of amides is 1. The van der Waals surface area contributed by atoms with E-state index in [9.17, 15) is 4.79 Å². The van der Waals surface area contributed by atoms with Gasteiger partial charge in [0, 0.05) is 13.1 Å². The molecule has 4 heteroatoms. The molecule has 1 N–H and O–H groups in total. The van der Waals surface area contributed by atoms with Crippen LogP contribution >= 0.6 is 0 Å². The lowest BCUT2D eigenvalue weighted by Gasteiger charge is -2.22.